The van der Waals surface area contributed by atoms with Gasteiger partial charge >= 0.3 is 6.03 Å². The molecule has 0 atom stereocenters. The molecule has 180 valence electrons. The maximum atomic E-state index is 14.0. The van der Waals surface area contributed by atoms with Crippen LogP contribution in [0, 0.1) is 12.7 Å². The van der Waals surface area contributed by atoms with Gasteiger partial charge in [-0.2, -0.15) is 0 Å². The molecule has 2 aliphatic rings. The number of aromatic nitrogens is 1. The number of benzene rings is 2. The molecule has 0 saturated carbocycles. The van der Waals surface area contributed by atoms with Crippen molar-refractivity contribution < 1.29 is 9.18 Å². The lowest BCUT2D eigenvalue weighted by Gasteiger charge is -2.33. The molecule has 2 amide bonds. The van der Waals surface area contributed by atoms with Gasteiger partial charge in [-0.15, -0.1) is 0 Å². The summed E-state index contributed by atoms with van der Waals surface area (Å²) in [6, 6.07) is 13.9. The second-order valence-corrected chi connectivity index (χ2v) is 10.1. The van der Waals surface area contributed by atoms with Crippen LogP contribution < -0.4 is 0 Å². The molecule has 0 N–H and O–H groups in total. The van der Waals surface area contributed by atoms with E-state index in [1.54, 1.807) is 12.1 Å². The Balaban J connectivity index is 1.28. The number of fused-ring (bicyclic) bond motifs is 1. The smallest absolute Gasteiger partial charge is 0.320 e. The van der Waals surface area contributed by atoms with Crippen molar-refractivity contribution in [1.29, 1.82) is 0 Å². The number of urea groups is 1. The predicted molar refractivity (Wildman–Crippen MR) is 135 cm³/mol. The molecule has 2 aliphatic heterocycles. The van der Waals surface area contributed by atoms with Gasteiger partial charge in [0.05, 0.1) is 5.52 Å². The van der Waals surface area contributed by atoms with E-state index >= 15 is 0 Å². The highest BCUT2D eigenvalue weighted by molar-refractivity contribution is 5.87. The van der Waals surface area contributed by atoms with E-state index in [4.69, 9.17) is 0 Å². The third kappa shape index (κ3) is 4.43. The molecular weight excluding hydrogens is 427 g/mol. The number of nitrogens with zero attached hydrogens (tertiary/aromatic N) is 4. The molecule has 5 nitrogen and oxygen atoms in total. The van der Waals surface area contributed by atoms with Crippen LogP contribution in [0.1, 0.15) is 43.7 Å². The van der Waals surface area contributed by atoms with E-state index in [0.717, 1.165) is 63.3 Å². The average Bonchev–Trinajstić information content (AvgIpc) is 3.38. The lowest BCUT2D eigenvalue weighted by Crippen LogP contribution is -2.41. The Morgan fingerprint density at radius 3 is 2.50 bits per heavy atom. The van der Waals surface area contributed by atoms with Gasteiger partial charge in [0, 0.05) is 49.5 Å². The number of likely N-dealkylation sites (tertiary alicyclic amines) is 1. The van der Waals surface area contributed by atoms with E-state index in [1.807, 2.05) is 15.9 Å². The summed E-state index contributed by atoms with van der Waals surface area (Å²) in [5.41, 5.74) is 4.58. The van der Waals surface area contributed by atoms with Crippen LogP contribution in [-0.2, 0) is 0 Å². The number of piperidine rings is 1. The van der Waals surface area contributed by atoms with Crippen LogP contribution in [0.2, 0.25) is 0 Å². The number of carbonyl (C=O) groups is 1. The van der Waals surface area contributed by atoms with Gasteiger partial charge in [0.2, 0.25) is 0 Å². The highest BCUT2D eigenvalue weighted by Crippen LogP contribution is 2.36. The van der Waals surface area contributed by atoms with Gasteiger partial charge < -0.3 is 19.3 Å². The number of amides is 2. The molecule has 1 aromatic heterocycles. The van der Waals surface area contributed by atoms with Crippen LogP contribution in [0.15, 0.2) is 48.7 Å². The van der Waals surface area contributed by atoms with Crippen LogP contribution in [-0.4, -0.2) is 70.6 Å². The summed E-state index contributed by atoms with van der Waals surface area (Å²) >= 11 is 0. The van der Waals surface area contributed by atoms with Gasteiger partial charge in [0.25, 0.3) is 0 Å². The van der Waals surface area contributed by atoms with Gasteiger partial charge in [-0.25, -0.2) is 9.18 Å². The van der Waals surface area contributed by atoms with Crippen LogP contribution in [0.25, 0.3) is 16.6 Å². The fraction of sp³-hybridized carbons (Fsp3) is 0.464. The summed E-state index contributed by atoms with van der Waals surface area (Å²) in [5.74, 6) is 0.274. The molecule has 34 heavy (non-hydrogen) atoms. The molecule has 3 heterocycles. The molecule has 0 bridgehead atoms. The zero-order valence-electron chi connectivity index (χ0n) is 20.5. The van der Waals surface area contributed by atoms with Gasteiger partial charge in [0.15, 0.2) is 0 Å². The normalized spacial score (nSPS) is 18.1. The molecule has 2 fully saturated rings. The predicted octanol–water partition coefficient (Wildman–Crippen LogP) is 5.40. The highest BCUT2D eigenvalue weighted by atomic mass is 19.1. The van der Waals surface area contributed by atoms with Gasteiger partial charge in [-0.3, -0.25) is 0 Å². The number of halogens is 1. The van der Waals surface area contributed by atoms with Crippen molar-refractivity contribution in [3.8, 4) is 5.69 Å². The zero-order valence-corrected chi connectivity index (χ0v) is 20.5. The third-order valence-corrected chi connectivity index (χ3v) is 7.54. The second kappa shape index (κ2) is 9.41. The van der Waals surface area contributed by atoms with E-state index < -0.39 is 0 Å². The Morgan fingerprint density at radius 1 is 1.00 bits per heavy atom. The first-order valence-electron chi connectivity index (χ1n) is 12.6. The van der Waals surface area contributed by atoms with Crippen molar-refractivity contribution in [1.82, 2.24) is 19.3 Å². The lowest BCUT2D eigenvalue weighted by atomic mass is 9.89. The van der Waals surface area contributed by atoms with Crippen LogP contribution in [0.5, 0.6) is 0 Å². The molecule has 2 saturated heterocycles. The second-order valence-electron chi connectivity index (χ2n) is 10.1. The third-order valence-electron chi connectivity index (χ3n) is 7.54. The first kappa shape index (κ1) is 22.9. The summed E-state index contributed by atoms with van der Waals surface area (Å²) in [6.45, 7) is 11.8. The fourth-order valence-corrected chi connectivity index (χ4v) is 5.55. The van der Waals surface area contributed by atoms with E-state index in [0.29, 0.717) is 5.92 Å². The summed E-state index contributed by atoms with van der Waals surface area (Å²) in [4.78, 5) is 19.0. The van der Waals surface area contributed by atoms with Gasteiger partial charge in [-0.05, 0) is 88.0 Å². The van der Waals surface area contributed by atoms with Crippen molar-refractivity contribution in [2.75, 3.05) is 39.3 Å². The molecule has 0 radical (unpaired) electrons. The largest absolute Gasteiger partial charge is 0.322 e. The van der Waals surface area contributed by atoms with E-state index in [-0.39, 0.29) is 17.9 Å². The van der Waals surface area contributed by atoms with Crippen molar-refractivity contribution >= 4 is 16.9 Å². The molecule has 6 heteroatoms. The Bertz CT molecular complexity index is 1180. The monoisotopic (exact) mass is 462 g/mol. The Hall–Kier alpha value is -2.86. The first-order chi connectivity index (χ1) is 16.4. The Labute approximate surface area is 201 Å². The maximum Gasteiger partial charge on any atom is 0.320 e. The summed E-state index contributed by atoms with van der Waals surface area (Å²) in [6.07, 6.45) is 4.42. The van der Waals surface area contributed by atoms with Gasteiger partial charge in [-0.1, -0.05) is 18.2 Å². The Morgan fingerprint density at radius 2 is 1.79 bits per heavy atom. The molecule has 0 spiro atoms. The highest BCUT2D eigenvalue weighted by Gasteiger charge is 2.31. The minimum atomic E-state index is -0.213. The van der Waals surface area contributed by atoms with Crippen molar-refractivity contribution in [2.45, 2.75) is 45.6 Å². The number of rotatable bonds is 6. The SMILES string of the molecule is Cc1ccc2c(C3CCN(CCN4CCN(C(C)C)C4=O)CC3)cn(-c3cccc(F)c3)c2c1. The van der Waals surface area contributed by atoms with Gasteiger partial charge in [0.1, 0.15) is 5.82 Å². The fourth-order valence-electron chi connectivity index (χ4n) is 5.55. The minimum absolute atomic E-state index is 0.185. The molecule has 2 aromatic carbocycles. The Kier molecular flexibility index (Phi) is 6.34. The molecule has 0 unspecified atom stereocenters. The van der Waals surface area contributed by atoms with Crippen LogP contribution in [0.3, 0.4) is 0 Å². The lowest BCUT2D eigenvalue weighted by molar-refractivity contribution is 0.166. The minimum Gasteiger partial charge on any atom is -0.322 e. The summed E-state index contributed by atoms with van der Waals surface area (Å²) in [5, 5.41) is 1.27. The first-order valence-corrected chi connectivity index (χ1v) is 12.6. The molecule has 3 aromatic rings. The van der Waals surface area contributed by atoms with E-state index in [2.05, 4.69) is 54.6 Å². The summed E-state index contributed by atoms with van der Waals surface area (Å²) < 4.78 is 16.1. The average molecular weight is 463 g/mol. The molecular formula is C28H35FN4O. The van der Waals surface area contributed by atoms with E-state index in [1.165, 1.54) is 22.6 Å². The number of hydrogen-bond acceptors (Lipinski definition) is 2. The topological polar surface area (TPSA) is 31.7 Å². The number of aryl methyl sites for hydroxylation is 1. The quantitative estimate of drug-likeness (QED) is 0.491. The molecule has 5 rings (SSSR count). The van der Waals surface area contributed by atoms with Crippen LogP contribution in [0.4, 0.5) is 9.18 Å². The van der Waals surface area contributed by atoms with Crippen molar-refractivity contribution in [2.24, 2.45) is 0 Å². The standard InChI is InChI=1S/C28H35FN4O/c1-20(2)32-16-15-31(28(32)34)14-13-30-11-9-22(10-12-30)26-19-33(24-6-4-5-23(29)18-24)27-17-21(3)7-8-25(26)27/h4-8,17-20,22H,9-16H2,1-3H3. The number of carbonyl (C=O) groups excluding carboxylic acids is 1. The maximum absolute atomic E-state index is 14.0. The van der Waals surface area contributed by atoms with Crippen LogP contribution >= 0.6 is 0 Å². The van der Waals surface area contributed by atoms with Crippen molar-refractivity contribution in [3.05, 3.63) is 65.6 Å². The molecule has 0 aliphatic carbocycles. The zero-order chi connectivity index (χ0) is 23.8. The summed E-state index contributed by atoms with van der Waals surface area (Å²) in [7, 11) is 0. The number of hydrogen-bond donors (Lipinski definition) is 0. The van der Waals surface area contributed by atoms with Crippen molar-refractivity contribution in [3.63, 3.8) is 0 Å². The van der Waals surface area contributed by atoms with E-state index in [9.17, 15) is 9.18 Å².